The van der Waals surface area contributed by atoms with E-state index in [-0.39, 0.29) is 6.04 Å². The summed E-state index contributed by atoms with van der Waals surface area (Å²) >= 11 is 0. The third-order valence-electron chi connectivity index (χ3n) is 3.26. The van der Waals surface area contributed by atoms with Crippen LogP contribution in [0.2, 0.25) is 0 Å². The molecule has 5 nitrogen and oxygen atoms in total. The number of carbonyl (C=O) groups is 1. The molecule has 1 aliphatic rings. The summed E-state index contributed by atoms with van der Waals surface area (Å²) in [5, 5.41) is 3.32. The summed E-state index contributed by atoms with van der Waals surface area (Å²) in [5.41, 5.74) is 7.49. The number of nitrogens with two attached hydrogens (primary N) is 1. The van der Waals surface area contributed by atoms with E-state index in [1.807, 2.05) is 6.07 Å². The number of esters is 1. The fraction of sp³-hybridized carbons (Fsp3) is 0.462. The van der Waals surface area contributed by atoms with Crippen molar-refractivity contribution in [2.75, 3.05) is 29.7 Å². The lowest BCUT2D eigenvalue weighted by Gasteiger charge is -2.24. The van der Waals surface area contributed by atoms with Crippen molar-refractivity contribution in [3.8, 4) is 0 Å². The number of nitrogens with one attached hydrogen (secondary N) is 1. The standard InChI is InChI=1S/C13H18N2O3S/c1-18-13(16)10-3-2-4-11(12(10)14)15-9-5-7-19(17)8-6-9/h2-4,9,15H,5-8,14H2,1H3. The van der Waals surface area contributed by atoms with E-state index in [9.17, 15) is 9.00 Å². The van der Waals surface area contributed by atoms with Crippen LogP contribution >= 0.6 is 0 Å². The minimum atomic E-state index is -0.683. The van der Waals surface area contributed by atoms with Gasteiger partial charge in [0.2, 0.25) is 0 Å². The second-order valence-electron chi connectivity index (χ2n) is 4.53. The van der Waals surface area contributed by atoms with Crippen molar-refractivity contribution in [3.63, 3.8) is 0 Å². The van der Waals surface area contributed by atoms with Crippen LogP contribution in [-0.2, 0) is 15.5 Å². The largest absolute Gasteiger partial charge is 0.465 e. The Labute approximate surface area is 115 Å². The quantitative estimate of drug-likeness (QED) is 0.646. The molecule has 1 aromatic rings. The molecular formula is C13H18N2O3S. The smallest absolute Gasteiger partial charge is 0.340 e. The van der Waals surface area contributed by atoms with E-state index >= 15 is 0 Å². The van der Waals surface area contributed by atoms with Gasteiger partial charge >= 0.3 is 5.97 Å². The zero-order valence-electron chi connectivity index (χ0n) is 10.8. The summed E-state index contributed by atoms with van der Waals surface area (Å²) < 4.78 is 16.0. The van der Waals surface area contributed by atoms with Crippen LogP contribution in [0.1, 0.15) is 23.2 Å². The zero-order valence-corrected chi connectivity index (χ0v) is 11.7. The summed E-state index contributed by atoms with van der Waals surface area (Å²) in [6.07, 6.45) is 1.71. The maximum Gasteiger partial charge on any atom is 0.340 e. The average molecular weight is 282 g/mol. The van der Waals surface area contributed by atoms with Crippen LogP contribution < -0.4 is 11.1 Å². The molecular weight excluding hydrogens is 264 g/mol. The Kier molecular flexibility index (Phi) is 4.42. The molecule has 104 valence electrons. The predicted octanol–water partition coefficient (Wildman–Crippen LogP) is 1.38. The molecule has 0 atom stereocenters. The lowest BCUT2D eigenvalue weighted by Crippen LogP contribution is -2.29. The molecule has 0 saturated carbocycles. The van der Waals surface area contributed by atoms with E-state index in [1.165, 1.54) is 7.11 Å². The van der Waals surface area contributed by atoms with Crippen LogP contribution in [-0.4, -0.2) is 34.8 Å². The summed E-state index contributed by atoms with van der Waals surface area (Å²) in [4.78, 5) is 11.6. The van der Waals surface area contributed by atoms with Gasteiger partial charge in [0, 0.05) is 28.3 Å². The van der Waals surface area contributed by atoms with E-state index in [0.29, 0.717) is 22.8 Å². The average Bonchev–Trinajstić information content (AvgIpc) is 2.43. The minimum absolute atomic E-state index is 0.257. The molecule has 1 heterocycles. The maximum atomic E-state index is 11.6. The van der Waals surface area contributed by atoms with Crippen molar-refractivity contribution in [1.29, 1.82) is 0 Å². The second kappa shape index (κ2) is 6.06. The van der Waals surface area contributed by atoms with Gasteiger partial charge in [0.25, 0.3) is 0 Å². The Hall–Kier alpha value is -1.56. The van der Waals surface area contributed by atoms with E-state index in [2.05, 4.69) is 10.1 Å². The highest BCUT2D eigenvalue weighted by Gasteiger charge is 2.19. The van der Waals surface area contributed by atoms with Gasteiger partial charge in [0.15, 0.2) is 0 Å². The third kappa shape index (κ3) is 3.26. The Balaban J connectivity index is 2.12. The lowest BCUT2D eigenvalue weighted by molar-refractivity contribution is 0.0602. The van der Waals surface area contributed by atoms with Crippen LogP contribution in [0.15, 0.2) is 18.2 Å². The van der Waals surface area contributed by atoms with Crippen molar-refractivity contribution in [2.24, 2.45) is 0 Å². The topological polar surface area (TPSA) is 81.4 Å². The molecule has 0 unspecified atom stereocenters. The Bertz CT molecular complexity index is 495. The van der Waals surface area contributed by atoms with E-state index < -0.39 is 16.8 Å². The van der Waals surface area contributed by atoms with E-state index in [0.717, 1.165) is 18.5 Å². The first kappa shape index (κ1) is 13.9. The van der Waals surface area contributed by atoms with Crippen molar-refractivity contribution >= 4 is 28.1 Å². The molecule has 0 aliphatic carbocycles. The summed E-state index contributed by atoms with van der Waals surface area (Å²) in [6.45, 7) is 0. The molecule has 1 aliphatic heterocycles. The number of hydrogen-bond donors (Lipinski definition) is 2. The highest BCUT2D eigenvalue weighted by molar-refractivity contribution is 7.85. The highest BCUT2D eigenvalue weighted by atomic mass is 32.2. The molecule has 1 aromatic carbocycles. The van der Waals surface area contributed by atoms with Gasteiger partial charge in [-0.15, -0.1) is 0 Å². The molecule has 1 fully saturated rings. The second-order valence-corrected chi connectivity index (χ2v) is 6.22. The van der Waals surface area contributed by atoms with Crippen molar-refractivity contribution < 1.29 is 13.7 Å². The van der Waals surface area contributed by atoms with Crippen molar-refractivity contribution in [3.05, 3.63) is 23.8 Å². The highest BCUT2D eigenvalue weighted by Crippen LogP contribution is 2.26. The number of methoxy groups -OCH3 is 1. The normalized spacial score (nSPS) is 22.8. The summed E-state index contributed by atoms with van der Waals surface area (Å²) in [6, 6.07) is 5.51. The van der Waals surface area contributed by atoms with E-state index in [4.69, 9.17) is 5.73 Å². The van der Waals surface area contributed by atoms with Gasteiger partial charge in [-0.25, -0.2) is 4.79 Å². The molecule has 19 heavy (non-hydrogen) atoms. The lowest BCUT2D eigenvalue weighted by atomic mass is 10.1. The maximum absolute atomic E-state index is 11.6. The SMILES string of the molecule is COC(=O)c1cccc(NC2CCS(=O)CC2)c1N. The molecule has 2 rings (SSSR count). The first-order valence-corrected chi connectivity index (χ1v) is 7.69. The first-order valence-electron chi connectivity index (χ1n) is 6.20. The van der Waals surface area contributed by atoms with Crippen molar-refractivity contribution in [2.45, 2.75) is 18.9 Å². The molecule has 0 bridgehead atoms. The van der Waals surface area contributed by atoms with Gasteiger partial charge in [0.1, 0.15) is 0 Å². The number of para-hydroxylation sites is 1. The van der Waals surface area contributed by atoms with Crippen LogP contribution in [0, 0.1) is 0 Å². The van der Waals surface area contributed by atoms with Gasteiger partial charge in [0.05, 0.1) is 24.0 Å². The molecule has 0 radical (unpaired) electrons. The number of hydrogen-bond acceptors (Lipinski definition) is 5. The van der Waals surface area contributed by atoms with Crippen molar-refractivity contribution in [1.82, 2.24) is 0 Å². The number of ether oxygens (including phenoxy) is 1. The van der Waals surface area contributed by atoms with Gasteiger partial charge in [-0.3, -0.25) is 4.21 Å². The zero-order chi connectivity index (χ0) is 13.8. The third-order valence-corrected chi connectivity index (χ3v) is 4.64. The molecule has 3 N–H and O–H groups in total. The molecule has 6 heteroatoms. The minimum Gasteiger partial charge on any atom is -0.465 e. The number of benzene rings is 1. The molecule has 0 spiro atoms. The van der Waals surface area contributed by atoms with Gasteiger partial charge in [-0.2, -0.15) is 0 Å². The molecule has 0 amide bonds. The Morgan fingerprint density at radius 2 is 2.11 bits per heavy atom. The fourth-order valence-electron chi connectivity index (χ4n) is 2.14. The van der Waals surface area contributed by atoms with Gasteiger partial charge in [-0.05, 0) is 25.0 Å². The number of nitrogen functional groups attached to an aromatic ring is 1. The molecule has 1 saturated heterocycles. The van der Waals surface area contributed by atoms with Crippen LogP contribution in [0.25, 0.3) is 0 Å². The number of rotatable bonds is 3. The number of carbonyl (C=O) groups excluding carboxylic acids is 1. The Morgan fingerprint density at radius 3 is 2.74 bits per heavy atom. The fourth-order valence-corrected chi connectivity index (χ4v) is 3.44. The summed E-state index contributed by atoms with van der Waals surface area (Å²) in [5.74, 6) is 0.994. The monoisotopic (exact) mass is 282 g/mol. The summed E-state index contributed by atoms with van der Waals surface area (Å²) in [7, 11) is 0.649. The number of anilines is 2. The van der Waals surface area contributed by atoms with Gasteiger partial charge in [-0.1, -0.05) is 6.07 Å². The van der Waals surface area contributed by atoms with Crippen LogP contribution in [0.3, 0.4) is 0 Å². The van der Waals surface area contributed by atoms with E-state index in [1.54, 1.807) is 12.1 Å². The molecule has 0 aromatic heterocycles. The van der Waals surface area contributed by atoms with Crippen LogP contribution in [0.4, 0.5) is 11.4 Å². The van der Waals surface area contributed by atoms with Gasteiger partial charge < -0.3 is 15.8 Å². The first-order chi connectivity index (χ1) is 9.11. The van der Waals surface area contributed by atoms with Crippen LogP contribution in [0.5, 0.6) is 0 Å². The predicted molar refractivity (Wildman–Crippen MR) is 76.7 cm³/mol. The Morgan fingerprint density at radius 1 is 1.42 bits per heavy atom.